The minimum atomic E-state index is -2.92. The van der Waals surface area contributed by atoms with Crippen molar-refractivity contribution in [2.45, 2.75) is 19.4 Å². The molecule has 2 aromatic rings. The van der Waals surface area contributed by atoms with Gasteiger partial charge in [0.25, 0.3) is 5.91 Å². The van der Waals surface area contributed by atoms with Crippen LogP contribution < -0.4 is 0 Å². The van der Waals surface area contributed by atoms with Crippen LogP contribution in [0.25, 0.3) is 0 Å². The molecule has 0 saturated carbocycles. The number of piperazine rings is 1. The van der Waals surface area contributed by atoms with E-state index >= 15 is 0 Å². The van der Waals surface area contributed by atoms with Crippen LogP contribution >= 0.6 is 0 Å². The quantitative estimate of drug-likeness (QED) is 0.701. The highest BCUT2D eigenvalue weighted by molar-refractivity contribution is 7.91. The summed E-state index contributed by atoms with van der Waals surface area (Å²) in [5.41, 5.74) is 2.47. The summed E-state index contributed by atoms with van der Waals surface area (Å²) in [7, 11) is -2.92. The number of ketones is 1. The van der Waals surface area contributed by atoms with Crippen LogP contribution in [0.4, 0.5) is 0 Å². The van der Waals surface area contributed by atoms with Crippen molar-refractivity contribution < 1.29 is 18.0 Å². The second-order valence-corrected chi connectivity index (χ2v) is 10.4. The molecule has 1 unspecified atom stereocenters. The fourth-order valence-corrected chi connectivity index (χ4v) is 6.01. The minimum absolute atomic E-state index is 0.0580. The Bertz CT molecular complexity index is 1050. The van der Waals surface area contributed by atoms with Gasteiger partial charge in [0.2, 0.25) is 0 Å². The maximum atomic E-state index is 13.2. The molecule has 0 radical (unpaired) electrons. The molecule has 7 heteroatoms. The largest absolute Gasteiger partial charge is 0.336 e. The molecule has 2 aromatic carbocycles. The number of benzene rings is 2. The molecule has 1 amide bonds. The Morgan fingerprint density at radius 1 is 0.900 bits per heavy atom. The fraction of sp³-hybridized carbons (Fsp3) is 0.391. The Labute approximate surface area is 177 Å². The van der Waals surface area contributed by atoms with Crippen LogP contribution in [0.5, 0.6) is 0 Å². The monoisotopic (exact) mass is 426 g/mol. The zero-order chi connectivity index (χ0) is 21.3. The van der Waals surface area contributed by atoms with E-state index in [1.165, 1.54) is 0 Å². The Kier molecular flexibility index (Phi) is 5.75. The van der Waals surface area contributed by atoms with E-state index in [2.05, 4.69) is 4.90 Å². The third kappa shape index (κ3) is 4.32. The molecule has 2 fully saturated rings. The Hall–Kier alpha value is -2.51. The van der Waals surface area contributed by atoms with Crippen molar-refractivity contribution >= 4 is 21.5 Å². The number of hydrogen-bond donors (Lipinski definition) is 0. The van der Waals surface area contributed by atoms with Crippen LogP contribution in [0.2, 0.25) is 0 Å². The van der Waals surface area contributed by atoms with E-state index < -0.39 is 9.84 Å². The predicted molar refractivity (Wildman–Crippen MR) is 116 cm³/mol. The molecule has 0 spiro atoms. The van der Waals surface area contributed by atoms with Gasteiger partial charge in [-0.05, 0) is 19.4 Å². The van der Waals surface area contributed by atoms with Crippen molar-refractivity contribution in [2.75, 3.05) is 37.7 Å². The molecule has 2 aliphatic rings. The van der Waals surface area contributed by atoms with Crippen LogP contribution in [0.1, 0.15) is 38.3 Å². The highest BCUT2D eigenvalue weighted by atomic mass is 32.2. The number of aryl methyl sites for hydroxylation is 1. The molecular weight excluding hydrogens is 400 g/mol. The van der Waals surface area contributed by atoms with Gasteiger partial charge in [-0.15, -0.1) is 0 Å². The van der Waals surface area contributed by atoms with Crippen LogP contribution in [0.15, 0.2) is 48.5 Å². The van der Waals surface area contributed by atoms with Crippen molar-refractivity contribution in [1.29, 1.82) is 0 Å². The number of carbonyl (C=O) groups is 2. The molecule has 2 saturated heterocycles. The lowest BCUT2D eigenvalue weighted by Crippen LogP contribution is -2.52. The van der Waals surface area contributed by atoms with E-state index in [0.29, 0.717) is 49.3 Å². The normalized spacial score (nSPS) is 21.5. The predicted octanol–water partition coefficient (Wildman–Crippen LogP) is 2.17. The molecule has 4 rings (SSSR count). The van der Waals surface area contributed by atoms with Gasteiger partial charge in [0.05, 0.1) is 17.1 Å². The first-order valence-corrected chi connectivity index (χ1v) is 12.1. The van der Waals surface area contributed by atoms with E-state index in [1.54, 1.807) is 41.3 Å². The van der Waals surface area contributed by atoms with E-state index in [0.717, 1.165) is 5.56 Å². The van der Waals surface area contributed by atoms with Crippen LogP contribution in [0.3, 0.4) is 0 Å². The fourth-order valence-electron chi connectivity index (χ4n) is 4.25. The number of amides is 1. The van der Waals surface area contributed by atoms with Crippen molar-refractivity contribution in [3.63, 3.8) is 0 Å². The van der Waals surface area contributed by atoms with Crippen molar-refractivity contribution in [3.8, 4) is 0 Å². The third-order valence-corrected chi connectivity index (χ3v) is 7.79. The van der Waals surface area contributed by atoms with Gasteiger partial charge in [0, 0.05) is 43.3 Å². The Morgan fingerprint density at radius 2 is 1.53 bits per heavy atom. The molecule has 0 bridgehead atoms. The van der Waals surface area contributed by atoms with Gasteiger partial charge in [-0.1, -0.05) is 48.0 Å². The summed E-state index contributed by atoms with van der Waals surface area (Å²) in [6, 6.07) is 14.4. The van der Waals surface area contributed by atoms with E-state index in [9.17, 15) is 18.0 Å². The highest BCUT2D eigenvalue weighted by Gasteiger charge is 2.34. The van der Waals surface area contributed by atoms with E-state index in [1.807, 2.05) is 19.1 Å². The Morgan fingerprint density at radius 3 is 2.13 bits per heavy atom. The number of nitrogens with zero attached hydrogens (tertiary/aromatic N) is 2. The zero-order valence-electron chi connectivity index (χ0n) is 17.1. The van der Waals surface area contributed by atoms with Crippen LogP contribution in [0, 0.1) is 6.92 Å². The SMILES string of the molecule is Cc1ccc(C(=O)c2ccccc2C(=O)N2CCN(C3CCS(=O)(=O)C3)CC2)cc1. The van der Waals surface area contributed by atoms with Gasteiger partial charge in [-0.25, -0.2) is 8.42 Å². The van der Waals surface area contributed by atoms with Gasteiger partial charge in [0.15, 0.2) is 15.6 Å². The summed E-state index contributed by atoms with van der Waals surface area (Å²) in [5.74, 6) is 0.165. The molecule has 0 N–H and O–H groups in total. The van der Waals surface area contributed by atoms with Gasteiger partial charge in [0.1, 0.15) is 0 Å². The summed E-state index contributed by atoms with van der Waals surface area (Å²) in [4.78, 5) is 30.2. The molecule has 0 aromatic heterocycles. The summed E-state index contributed by atoms with van der Waals surface area (Å²) < 4.78 is 23.5. The van der Waals surface area contributed by atoms with E-state index in [-0.39, 0.29) is 29.2 Å². The Balaban J connectivity index is 1.47. The lowest BCUT2D eigenvalue weighted by Gasteiger charge is -2.37. The second kappa shape index (κ2) is 8.32. The van der Waals surface area contributed by atoms with Gasteiger partial charge in [-0.3, -0.25) is 14.5 Å². The second-order valence-electron chi connectivity index (χ2n) is 8.13. The molecule has 1 atom stereocenters. The van der Waals surface area contributed by atoms with E-state index in [4.69, 9.17) is 0 Å². The zero-order valence-corrected chi connectivity index (χ0v) is 17.9. The number of sulfone groups is 1. The number of carbonyl (C=O) groups excluding carboxylic acids is 2. The highest BCUT2D eigenvalue weighted by Crippen LogP contribution is 2.21. The van der Waals surface area contributed by atoms with Crippen molar-refractivity contribution in [2.24, 2.45) is 0 Å². The number of hydrogen-bond acceptors (Lipinski definition) is 5. The number of rotatable bonds is 4. The summed E-state index contributed by atoms with van der Waals surface area (Å²) >= 11 is 0. The van der Waals surface area contributed by atoms with Gasteiger partial charge in [-0.2, -0.15) is 0 Å². The summed E-state index contributed by atoms with van der Waals surface area (Å²) in [6.07, 6.45) is 0.671. The third-order valence-electron chi connectivity index (χ3n) is 6.04. The van der Waals surface area contributed by atoms with Gasteiger partial charge >= 0.3 is 0 Å². The lowest BCUT2D eigenvalue weighted by molar-refractivity contribution is 0.0585. The maximum absolute atomic E-state index is 13.2. The first kappa shape index (κ1) is 20.8. The summed E-state index contributed by atoms with van der Waals surface area (Å²) in [6.45, 7) is 4.33. The maximum Gasteiger partial charge on any atom is 0.254 e. The molecular formula is C23H26N2O4S. The first-order valence-electron chi connectivity index (χ1n) is 10.3. The average Bonchev–Trinajstić information content (AvgIpc) is 3.13. The van der Waals surface area contributed by atoms with Crippen molar-refractivity contribution in [1.82, 2.24) is 9.80 Å². The molecule has 2 heterocycles. The van der Waals surface area contributed by atoms with Crippen LogP contribution in [-0.4, -0.2) is 73.6 Å². The standard InChI is InChI=1S/C23H26N2O4S/c1-17-6-8-18(9-7-17)22(26)20-4-2-3-5-21(20)23(27)25-13-11-24(12-14-25)19-10-15-30(28,29)16-19/h2-9,19H,10-16H2,1H3. The van der Waals surface area contributed by atoms with Crippen molar-refractivity contribution in [3.05, 3.63) is 70.8 Å². The van der Waals surface area contributed by atoms with Gasteiger partial charge < -0.3 is 4.90 Å². The smallest absolute Gasteiger partial charge is 0.254 e. The minimum Gasteiger partial charge on any atom is -0.336 e. The molecule has 2 aliphatic heterocycles. The molecule has 6 nitrogen and oxygen atoms in total. The summed E-state index contributed by atoms with van der Waals surface area (Å²) in [5, 5.41) is 0. The molecule has 30 heavy (non-hydrogen) atoms. The first-order chi connectivity index (χ1) is 14.3. The topological polar surface area (TPSA) is 74.8 Å². The average molecular weight is 427 g/mol. The van der Waals surface area contributed by atoms with Crippen LogP contribution in [-0.2, 0) is 9.84 Å². The molecule has 0 aliphatic carbocycles. The lowest BCUT2D eigenvalue weighted by atomic mass is 9.97. The molecule has 158 valence electrons.